The van der Waals surface area contributed by atoms with Gasteiger partial charge in [0.2, 0.25) is 10.0 Å². The number of nitrogens with zero attached hydrogens (tertiary/aromatic N) is 1. The van der Waals surface area contributed by atoms with E-state index in [-0.39, 0.29) is 22.5 Å². The van der Waals surface area contributed by atoms with Crippen LogP contribution in [0.15, 0.2) is 59.5 Å². The first kappa shape index (κ1) is 20.5. The van der Waals surface area contributed by atoms with Crippen LogP contribution in [0.4, 0.5) is 0 Å². The minimum atomic E-state index is -3.83. The van der Waals surface area contributed by atoms with Gasteiger partial charge in [-0.25, -0.2) is 13.2 Å². The number of hydrogen-bond acceptors (Lipinski definition) is 5. The van der Waals surface area contributed by atoms with Gasteiger partial charge < -0.3 is 9.84 Å². The summed E-state index contributed by atoms with van der Waals surface area (Å²) in [5.41, 5.74) is 0.826. The minimum absolute atomic E-state index is 0.00846. The Morgan fingerprint density at radius 2 is 1.68 bits per heavy atom. The highest BCUT2D eigenvalue weighted by molar-refractivity contribution is 7.89. The summed E-state index contributed by atoms with van der Waals surface area (Å²) in [6.45, 7) is 0.602. The fourth-order valence-electron chi connectivity index (χ4n) is 3.73. The molecule has 1 aliphatic rings. The van der Waals surface area contributed by atoms with E-state index in [1.54, 1.807) is 12.1 Å². The van der Waals surface area contributed by atoms with E-state index in [0.29, 0.717) is 32.4 Å². The van der Waals surface area contributed by atoms with Crippen molar-refractivity contribution in [2.75, 3.05) is 26.8 Å². The Morgan fingerprint density at radius 3 is 2.29 bits per heavy atom. The van der Waals surface area contributed by atoms with E-state index in [0.717, 1.165) is 5.56 Å². The second kappa shape index (κ2) is 8.43. The van der Waals surface area contributed by atoms with Gasteiger partial charge in [-0.15, -0.1) is 0 Å². The van der Waals surface area contributed by atoms with Crippen LogP contribution in [-0.4, -0.2) is 50.6 Å². The van der Waals surface area contributed by atoms with E-state index in [2.05, 4.69) is 0 Å². The van der Waals surface area contributed by atoms with Crippen LogP contribution in [0.25, 0.3) is 0 Å². The van der Waals surface area contributed by atoms with Crippen molar-refractivity contribution in [3.05, 3.63) is 65.7 Å². The number of aliphatic hydroxyl groups is 1. The first-order valence-corrected chi connectivity index (χ1v) is 10.7. The standard InChI is InChI=1S/C21H25NO5S/c1-27-20(24)18-9-5-6-10-19(18)28(25,26)22-13-11-21(16-23,12-14-22)15-17-7-3-2-4-8-17/h2-10,23H,11-16H2,1H3. The molecule has 1 fully saturated rings. The predicted octanol–water partition coefficient (Wildman–Crippen LogP) is 2.48. The highest BCUT2D eigenvalue weighted by atomic mass is 32.2. The van der Waals surface area contributed by atoms with Gasteiger partial charge in [-0.1, -0.05) is 42.5 Å². The lowest BCUT2D eigenvalue weighted by Crippen LogP contribution is -2.45. The molecule has 0 bridgehead atoms. The second-order valence-electron chi connectivity index (χ2n) is 7.21. The van der Waals surface area contributed by atoms with Crippen LogP contribution in [0.5, 0.6) is 0 Å². The summed E-state index contributed by atoms with van der Waals surface area (Å²) in [7, 11) is -2.60. The number of aliphatic hydroxyl groups excluding tert-OH is 1. The first-order chi connectivity index (χ1) is 13.4. The van der Waals surface area contributed by atoms with E-state index in [1.807, 2.05) is 30.3 Å². The maximum Gasteiger partial charge on any atom is 0.339 e. The van der Waals surface area contributed by atoms with E-state index in [1.165, 1.54) is 23.5 Å². The van der Waals surface area contributed by atoms with Crippen LogP contribution in [0.2, 0.25) is 0 Å². The molecule has 1 aliphatic heterocycles. The molecule has 1 N–H and O–H groups in total. The van der Waals surface area contributed by atoms with Crippen molar-refractivity contribution >= 4 is 16.0 Å². The SMILES string of the molecule is COC(=O)c1ccccc1S(=O)(=O)N1CCC(CO)(Cc2ccccc2)CC1. The Bertz CT molecular complexity index is 919. The number of methoxy groups -OCH3 is 1. The van der Waals surface area contributed by atoms with Crippen molar-refractivity contribution in [3.8, 4) is 0 Å². The fraction of sp³-hybridized carbons (Fsp3) is 0.381. The monoisotopic (exact) mass is 403 g/mol. The number of esters is 1. The molecule has 2 aromatic rings. The summed E-state index contributed by atoms with van der Waals surface area (Å²) in [5, 5.41) is 10.0. The average Bonchev–Trinajstić information content (AvgIpc) is 2.74. The number of piperidine rings is 1. The minimum Gasteiger partial charge on any atom is -0.465 e. The van der Waals surface area contributed by atoms with Crippen LogP contribution in [-0.2, 0) is 21.2 Å². The highest BCUT2D eigenvalue weighted by Crippen LogP contribution is 2.37. The fourth-order valence-corrected chi connectivity index (χ4v) is 5.35. The Balaban J connectivity index is 1.79. The van der Waals surface area contributed by atoms with Gasteiger partial charge in [0.25, 0.3) is 0 Å². The van der Waals surface area contributed by atoms with Gasteiger partial charge in [-0.3, -0.25) is 0 Å². The topological polar surface area (TPSA) is 83.9 Å². The van der Waals surface area contributed by atoms with Crippen LogP contribution in [0.3, 0.4) is 0 Å². The maximum absolute atomic E-state index is 13.1. The maximum atomic E-state index is 13.1. The molecule has 0 aliphatic carbocycles. The van der Waals surface area contributed by atoms with Crippen LogP contribution >= 0.6 is 0 Å². The smallest absolute Gasteiger partial charge is 0.339 e. The first-order valence-electron chi connectivity index (χ1n) is 9.24. The number of benzene rings is 2. The summed E-state index contributed by atoms with van der Waals surface area (Å²) in [6, 6.07) is 16.0. The second-order valence-corrected chi connectivity index (χ2v) is 9.12. The molecule has 28 heavy (non-hydrogen) atoms. The van der Waals surface area contributed by atoms with Gasteiger partial charge in [0.15, 0.2) is 0 Å². The average molecular weight is 404 g/mol. The molecule has 150 valence electrons. The van der Waals surface area contributed by atoms with Crippen LogP contribution in [0, 0.1) is 5.41 Å². The zero-order valence-electron chi connectivity index (χ0n) is 15.9. The van der Waals surface area contributed by atoms with Crippen molar-refractivity contribution in [2.45, 2.75) is 24.2 Å². The lowest BCUT2D eigenvalue weighted by Gasteiger charge is -2.40. The number of sulfonamides is 1. The van der Waals surface area contributed by atoms with Gasteiger partial charge in [0.05, 0.1) is 17.6 Å². The molecule has 3 rings (SSSR count). The van der Waals surface area contributed by atoms with E-state index in [9.17, 15) is 18.3 Å². The Hall–Kier alpha value is -2.22. The lowest BCUT2D eigenvalue weighted by molar-refractivity contribution is 0.0594. The molecule has 0 spiro atoms. The molecule has 0 unspecified atom stereocenters. The quantitative estimate of drug-likeness (QED) is 0.749. The van der Waals surface area contributed by atoms with Gasteiger partial charge in [-0.05, 0) is 42.4 Å². The molecular formula is C21H25NO5S. The molecule has 1 heterocycles. The number of carbonyl (C=O) groups is 1. The lowest BCUT2D eigenvalue weighted by atomic mass is 9.75. The zero-order valence-corrected chi connectivity index (χ0v) is 16.7. The van der Waals surface area contributed by atoms with E-state index in [4.69, 9.17) is 4.74 Å². The van der Waals surface area contributed by atoms with Crippen molar-refractivity contribution < 1.29 is 23.1 Å². The van der Waals surface area contributed by atoms with Crippen LogP contribution < -0.4 is 0 Å². The van der Waals surface area contributed by atoms with Gasteiger partial charge in [0.1, 0.15) is 0 Å². The van der Waals surface area contributed by atoms with Crippen molar-refractivity contribution in [3.63, 3.8) is 0 Å². The molecular weight excluding hydrogens is 378 g/mol. The highest BCUT2D eigenvalue weighted by Gasteiger charge is 2.39. The number of carbonyl (C=O) groups excluding carboxylic acids is 1. The van der Waals surface area contributed by atoms with E-state index >= 15 is 0 Å². The number of hydrogen-bond donors (Lipinski definition) is 1. The Morgan fingerprint density at radius 1 is 1.07 bits per heavy atom. The van der Waals surface area contributed by atoms with Crippen molar-refractivity contribution in [1.82, 2.24) is 4.31 Å². The van der Waals surface area contributed by atoms with Crippen LogP contribution in [0.1, 0.15) is 28.8 Å². The molecule has 7 heteroatoms. The molecule has 6 nitrogen and oxygen atoms in total. The number of ether oxygens (including phenoxy) is 1. The molecule has 0 aromatic heterocycles. The molecule has 0 radical (unpaired) electrons. The third-order valence-electron chi connectivity index (χ3n) is 5.45. The Labute approximate surface area is 165 Å². The molecule has 0 atom stereocenters. The van der Waals surface area contributed by atoms with E-state index < -0.39 is 16.0 Å². The van der Waals surface area contributed by atoms with Gasteiger partial charge >= 0.3 is 5.97 Å². The normalized spacial score (nSPS) is 17.2. The summed E-state index contributed by atoms with van der Waals surface area (Å²) in [6.07, 6.45) is 1.81. The zero-order chi connectivity index (χ0) is 20.2. The third-order valence-corrected chi connectivity index (χ3v) is 7.41. The van der Waals surface area contributed by atoms with Gasteiger partial charge in [-0.2, -0.15) is 4.31 Å². The third kappa shape index (κ3) is 4.11. The summed E-state index contributed by atoms with van der Waals surface area (Å²) >= 11 is 0. The largest absolute Gasteiger partial charge is 0.465 e. The van der Waals surface area contributed by atoms with Gasteiger partial charge in [0, 0.05) is 19.7 Å². The summed E-state index contributed by atoms with van der Waals surface area (Å²) in [4.78, 5) is 11.9. The molecule has 0 saturated carbocycles. The summed E-state index contributed by atoms with van der Waals surface area (Å²) in [5.74, 6) is -0.676. The predicted molar refractivity (Wildman–Crippen MR) is 105 cm³/mol. The van der Waals surface area contributed by atoms with Crippen molar-refractivity contribution in [1.29, 1.82) is 0 Å². The molecule has 0 amide bonds. The van der Waals surface area contributed by atoms with Crippen molar-refractivity contribution in [2.24, 2.45) is 5.41 Å². The summed E-state index contributed by atoms with van der Waals surface area (Å²) < 4.78 is 32.4. The molecule has 1 saturated heterocycles. The number of rotatable bonds is 6. The Kier molecular flexibility index (Phi) is 6.17. The molecule has 2 aromatic carbocycles.